The first-order valence-electron chi connectivity index (χ1n) is 28.0. The molecule has 12 rings (SSSR count). The zero-order valence-electron chi connectivity index (χ0n) is 43.3. The minimum absolute atomic E-state index is 0.0171. The number of carbonyl (C=O) groups excluding carboxylic acids is 5. The molecule has 2 aliphatic carbocycles. The van der Waals surface area contributed by atoms with Crippen LogP contribution in [0.4, 0.5) is 11.5 Å². The van der Waals surface area contributed by atoms with Crippen molar-refractivity contribution >= 4 is 52.1 Å². The Kier molecular flexibility index (Phi) is 12.7. The molecule has 73 heavy (non-hydrogen) atoms. The summed E-state index contributed by atoms with van der Waals surface area (Å²) in [4.78, 5) is 88.8. The Balaban J connectivity index is 0.684. The van der Waals surface area contributed by atoms with Gasteiger partial charge >= 0.3 is 0 Å². The smallest absolute Gasteiger partial charge is 0.238 e. The van der Waals surface area contributed by atoms with E-state index in [1.807, 2.05) is 28.3 Å². The number of rotatable bonds is 11. The summed E-state index contributed by atoms with van der Waals surface area (Å²) in [7, 11) is 0. The summed E-state index contributed by atoms with van der Waals surface area (Å²) < 4.78 is 2.20. The summed E-state index contributed by atoms with van der Waals surface area (Å²) in [6.07, 6.45) is 19.8. The zero-order chi connectivity index (χ0) is 50.2. The summed E-state index contributed by atoms with van der Waals surface area (Å²) in [5.41, 5.74) is 6.07. The van der Waals surface area contributed by atoms with Crippen LogP contribution in [-0.2, 0) is 29.4 Å². The van der Waals surface area contributed by atoms with E-state index in [1.54, 1.807) is 0 Å². The van der Waals surface area contributed by atoms with Gasteiger partial charge < -0.3 is 39.7 Å². The van der Waals surface area contributed by atoms with E-state index in [1.165, 1.54) is 19.3 Å². The molecule has 0 bridgehead atoms. The lowest BCUT2D eigenvalue weighted by Gasteiger charge is -2.48. The number of fused-ring (bicyclic) bond motifs is 3. The standard InChI is InChI=1S/C57H75N11O5/c1-36(2)67-35-59-46-32-45(61-52(51(46)67)60-40-9-10-40)38-7-12-44-47(29-38)68(42-30-41(31-42)63-21-5-4-6-22-63)55(73)57(44)19-27-65(28-20-57)50(70)33-56(3)17-25-66(26-18-56)54(72)37-15-23-64(24-16-37)48-13-8-39(34-58-48)43-11-14-49(69)62-53(43)71/h7-8,12-13,29,32,35-37,40-43,58H,4-6,9-11,14-28,30-31,33-34H2,1-3H3,(H,60,61)(H,62,69,71). The highest BCUT2D eigenvalue weighted by Gasteiger charge is 2.56. The van der Waals surface area contributed by atoms with Gasteiger partial charge in [0, 0.05) is 100.0 Å². The van der Waals surface area contributed by atoms with Crippen LogP contribution in [0.5, 0.6) is 0 Å². The third-order valence-corrected chi connectivity index (χ3v) is 18.7. The molecular formula is C57H75N11O5. The van der Waals surface area contributed by atoms with Crippen LogP contribution in [0.15, 0.2) is 54.1 Å². The van der Waals surface area contributed by atoms with E-state index in [-0.39, 0.29) is 58.9 Å². The lowest BCUT2D eigenvalue weighted by Crippen LogP contribution is -2.58. The monoisotopic (exact) mass is 994 g/mol. The molecule has 1 atom stereocenters. The van der Waals surface area contributed by atoms with Crippen LogP contribution in [0.2, 0.25) is 0 Å². The Morgan fingerprint density at radius 3 is 2.26 bits per heavy atom. The van der Waals surface area contributed by atoms with Gasteiger partial charge in [-0.1, -0.05) is 31.6 Å². The minimum atomic E-state index is -0.666. The fourth-order valence-corrected chi connectivity index (χ4v) is 13.8. The normalized spacial score (nSPS) is 26.6. The van der Waals surface area contributed by atoms with Gasteiger partial charge in [0.25, 0.3) is 0 Å². The second-order valence-electron chi connectivity index (χ2n) is 23.9. The highest BCUT2D eigenvalue weighted by Crippen LogP contribution is 2.53. The van der Waals surface area contributed by atoms with Crippen LogP contribution in [0.3, 0.4) is 0 Å². The van der Waals surface area contributed by atoms with Gasteiger partial charge in [-0.25, -0.2) is 9.97 Å². The number of anilines is 2. The number of pyridine rings is 1. The molecule has 9 heterocycles. The molecule has 3 N–H and O–H groups in total. The molecule has 7 fully saturated rings. The zero-order valence-corrected chi connectivity index (χ0v) is 43.3. The summed E-state index contributed by atoms with van der Waals surface area (Å²) in [6.45, 7) is 13.4. The first-order chi connectivity index (χ1) is 35.3. The van der Waals surface area contributed by atoms with E-state index in [4.69, 9.17) is 9.97 Å². The maximum atomic E-state index is 15.2. The van der Waals surface area contributed by atoms with Crippen LogP contribution in [0.25, 0.3) is 22.3 Å². The SMILES string of the molecule is CC(C)n1cnc2cc(-c3ccc4c(c3)N(C3CC(N5CCCCC5)C3)C(=O)C43CCN(C(=O)CC4(C)CCN(C(=O)C5CCN(C6=CC=C(C7CCC(=O)NC7=O)CN6)CC5)CC4)CC3)nc(NC3CC3)c21. The van der Waals surface area contributed by atoms with Crippen LogP contribution >= 0.6 is 0 Å². The quantitative estimate of drug-likeness (QED) is 0.177. The van der Waals surface area contributed by atoms with Crippen LogP contribution in [-0.4, -0.2) is 141 Å². The van der Waals surface area contributed by atoms with Crippen molar-refractivity contribution in [3.8, 4) is 11.3 Å². The molecule has 16 heteroatoms. The molecule has 1 aromatic carbocycles. The molecular weight excluding hydrogens is 919 g/mol. The van der Waals surface area contributed by atoms with Crippen molar-refractivity contribution < 1.29 is 24.0 Å². The Morgan fingerprint density at radius 1 is 0.836 bits per heavy atom. The third-order valence-electron chi connectivity index (χ3n) is 18.7. The van der Waals surface area contributed by atoms with E-state index in [2.05, 4.69) is 80.3 Å². The Morgan fingerprint density at radius 2 is 1.58 bits per heavy atom. The molecule has 3 aromatic rings. The highest BCUT2D eigenvalue weighted by atomic mass is 16.2. The number of hydrogen-bond donors (Lipinski definition) is 3. The van der Waals surface area contributed by atoms with E-state index >= 15 is 4.79 Å². The molecule has 5 saturated heterocycles. The van der Waals surface area contributed by atoms with Gasteiger partial charge in [-0.2, -0.15) is 0 Å². The average molecular weight is 994 g/mol. The van der Waals surface area contributed by atoms with Gasteiger partial charge in [0.2, 0.25) is 29.5 Å². The van der Waals surface area contributed by atoms with Crippen molar-refractivity contribution in [2.45, 2.75) is 153 Å². The molecule has 388 valence electrons. The van der Waals surface area contributed by atoms with Crippen molar-refractivity contribution in [2.24, 2.45) is 17.3 Å². The number of nitrogens with zero attached hydrogens (tertiary/aromatic N) is 8. The number of piperidine rings is 5. The van der Waals surface area contributed by atoms with Gasteiger partial charge in [0.15, 0.2) is 5.82 Å². The number of amides is 5. The van der Waals surface area contributed by atoms with E-state index in [9.17, 15) is 19.2 Å². The van der Waals surface area contributed by atoms with Crippen molar-refractivity contribution in [3.63, 3.8) is 0 Å². The predicted molar refractivity (Wildman–Crippen MR) is 280 cm³/mol. The Labute approximate surface area is 429 Å². The number of allylic oxidation sites excluding steroid dienone is 2. The molecule has 1 unspecified atom stereocenters. The van der Waals surface area contributed by atoms with Crippen molar-refractivity contribution in [1.29, 1.82) is 0 Å². The van der Waals surface area contributed by atoms with Crippen molar-refractivity contribution in [1.82, 2.24) is 44.8 Å². The lowest BCUT2D eigenvalue weighted by atomic mass is 9.72. The number of imidazole rings is 1. The third kappa shape index (κ3) is 9.11. The molecule has 0 radical (unpaired) electrons. The Hall–Kier alpha value is -5.77. The van der Waals surface area contributed by atoms with E-state index in [0.717, 1.165) is 128 Å². The number of likely N-dealkylation sites (tertiary alicyclic amines) is 4. The van der Waals surface area contributed by atoms with Gasteiger partial charge in [0.1, 0.15) is 11.3 Å². The second-order valence-corrected chi connectivity index (χ2v) is 23.9. The maximum absolute atomic E-state index is 15.2. The van der Waals surface area contributed by atoms with Crippen LogP contribution < -0.4 is 20.9 Å². The topological polar surface area (TPSA) is 168 Å². The number of imide groups is 1. The molecule has 2 saturated carbocycles. The van der Waals surface area contributed by atoms with Gasteiger partial charge in [-0.05, 0) is 145 Å². The van der Waals surface area contributed by atoms with Crippen molar-refractivity contribution in [2.75, 3.05) is 69.1 Å². The Bertz CT molecular complexity index is 2740. The molecule has 7 aliphatic heterocycles. The number of nitrogens with one attached hydrogen (secondary N) is 3. The van der Waals surface area contributed by atoms with Gasteiger partial charge in [0.05, 0.1) is 28.9 Å². The fourth-order valence-electron chi connectivity index (χ4n) is 13.8. The van der Waals surface area contributed by atoms with Gasteiger partial charge in [-0.3, -0.25) is 29.3 Å². The largest absolute Gasteiger partial charge is 0.368 e. The molecule has 5 amide bonds. The van der Waals surface area contributed by atoms with Crippen LogP contribution in [0, 0.1) is 17.3 Å². The summed E-state index contributed by atoms with van der Waals surface area (Å²) in [5.74, 6) is 1.79. The number of aromatic nitrogens is 3. The minimum Gasteiger partial charge on any atom is -0.368 e. The predicted octanol–water partition coefficient (Wildman–Crippen LogP) is 6.63. The van der Waals surface area contributed by atoms with E-state index in [0.29, 0.717) is 76.9 Å². The van der Waals surface area contributed by atoms with Crippen LogP contribution in [0.1, 0.15) is 135 Å². The fraction of sp³-hybridized carbons (Fsp3) is 0.632. The number of hydrogen-bond acceptors (Lipinski definition) is 11. The summed E-state index contributed by atoms with van der Waals surface area (Å²) in [5, 5.41) is 9.66. The first kappa shape index (κ1) is 48.2. The number of benzene rings is 1. The lowest BCUT2D eigenvalue weighted by molar-refractivity contribution is -0.141. The summed E-state index contributed by atoms with van der Waals surface area (Å²) in [6, 6.07) is 10.1. The van der Waals surface area contributed by atoms with Gasteiger partial charge in [-0.15, -0.1) is 0 Å². The maximum Gasteiger partial charge on any atom is 0.238 e. The highest BCUT2D eigenvalue weighted by molar-refractivity contribution is 6.09. The van der Waals surface area contributed by atoms with E-state index < -0.39 is 5.41 Å². The molecule has 16 nitrogen and oxygen atoms in total. The first-order valence-corrected chi connectivity index (χ1v) is 28.0. The molecule has 1 spiro atoms. The second kappa shape index (κ2) is 19.2. The number of carbonyl (C=O) groups is 5. The average Bonchev–Trinajstić information content (AvgIpc) is 4.05. The number of dihydropyridines is 1. The molecule has 2 aromatic heterocycles. The molecule has 9 aliphatic rings. The summed E-state index contributed by atoms with van der Waals surface area (Å²) >= 11 is 0. The van der Waals surface area contributed by atoms with Crippen molar-refractivity contribution in [3.05, 3.63) is 59.7 Å².